The Balaban J connectivity index is 1.06. The third kappa shape index (κ3) is 5.48. The number of hydrogen-bond acceptors (Lipinski definition) is 1. The highest BCUT2D eigenvalue weighted by Crippen LogP contribution is 2.51. The maximum Gasteiger partial charge on any atom is 0.0544 e. The quantitative estimate of drug-likeness (QED) is 0.165. The summed E-state index contributed by atoms with van der Waals surface area (Å²) in [6.45, 7) is 6.96. The van der Waals surface area contributed by atoms with Crippen LogP contribution in [0.5, 0.6) is 0 Å². The lowest BCUT2D eigenvalue weighted by Crippen LogP contribution is -2.15. The van der Waals surface area contributed by atoms with E-state index in [1.165, 1.54) is 82.6 Å². The van der Waals surface area contributed by atoms with Crippen LogP contribution in [-0.2, 0) is 5.41 Å². The molecule has 9 aromatic carbocycles. The van der Waals surface area contributed by atoms with Gasteiger partial charge in [-0.05, 0) is 135 Å². The molecular weight excluding hydrogens is 701 g/mol. The number of hydrogen-bond donors (Lipinski definition) is 0. The number of rotatable bonds is 6. The number of aromatic nitrogens is 1. The molecule has 1 heterocycles. The fourth-order valence-electron chi connectivity index (χ4n) is 9.39. The second-order valence-electron chi connectivity index (χ2n) is 16.3. The molecule has 0 saturated carbocycles. The van der Waals surface area contributed by atoms with Gasteiger partial charge in [0.25, 0.3) is 0 Å². The summed E-state index contributed by atoms with van der Waals surface area (Å²) in [6.07, 6.45) is 0. The Hall–Kier alpha value is -7.16. The molecule has 0 atom stereocenters. The zero-order chi connectivity index (χ0) is 39.0. The molecule has 2 heteroatoms. The Bertz CT molecular complexity index is 3170. The van der Waals surface area contributed by atoms with Crippen LogP contribution in [0, 0.1) is 6.92 Å². The van der Waals surface area contributed by atoms with Crippen molar-refractivity contribution in [2.24, 2.45) is 0 Å². The Morgan fingerprint density at radius 1 is 0.397 bits per heavy atom. The fraction of sp³-hybridized carbons (Fsp3) is 0.0714. The minimum Gasteiger partial charge on any atom is -0.310 e. The van der Waals surface area contributed by atoms with Gasteiger partial charge >= 0.3 is 0 Å². The van der Waals surface area contributed by atoms with Crippen molar-refractivity contribution in [2.45, 2.75) is 26.2 Å². The van der Waals surface area contributed by atoms with Crippen molar-refractivity contribution < 1.29 is 0 Å². The summed E-state index contributed by atoms with van der Waals surface area (Å²) in [6, 6.07) is 73.6. The normalized spacial score (nSPS) is 12.9. The molecule has 10 aromatic rings. The first-order valence-corrected chi connectivity index (χ1v) is 20.3. The highest BCUT2D eigenvalue weighted by atomic mass is 15.1. The van der Waals surface area contributed by atoms with Crippen LogP contribution in [0.3, 0.4) is 0 Å². The number of benzene rings is 9. The van der Waals surface area contributed by atoms with Crippen LogP contribution in [0.2, 0.25) is 0 Å². The zero-order valence-electron chi connectivity index (χ0n) is 32.9. The molecule has 0 radical (unpaired) electrons. The Labute approximate surface area is 339 Å². The number of fused-ring (bicyclic) bond motifs is 7. The summed E-state index contributed by atoms with van der Waals surface area (Å²) in [5, 5.41) is 5.00. The molecule has 276 valence electrons. The lowest BCUT2D eigenvalue weighted by atomic mass is 9.82. The topological polar surface area (TPSA) is 8.17 Å². The van der Waals surface area contributed by atoms with Gasteiger partial charge in [0.1, 0.15) is 0 Å². The first-order chi connectivity index (χ1) is 28.4. The molecule has 0 N–H and O–H groups in total. The highest BCUT2D eigenvalue weighted by Gasteiger charge is 2.36. The lowest BCUT2D eigenvalue weighted by Gasteiger charge is -2.26. The van der Waals surface area contributed by atoms with Crippen LogP contribution in [-0.4, -0.2) is 4.57 Å². The molecule has 0 amide bonds. The minimum atomic E-state index is -0.100. The predicted molar refractivity (Wildman–Crippen MR) is 246 cm³/mol. The van der Waals surface area contributed by atoms with E-state index in [2.05, 4.69) is 230 Å². The molecule has 0 aliphatic heterocycles. The van der Waals surface area contributed by atoms with E-state index >= 15 is 0 Å². The Kier molecular flexibility index (Phi) is 7.78. The molecule has 58 heavy (non-hydrogen) atoms. The van der Waals surface area contributed by atoms with Crippen molar-refractivity contribution in [3.05, 3.63) is 217 Å². The van der Waals surface area contributed by atoms with Crippen LogP contribution in [0.25, 0.3) is 71.6 Å². The van der Waals surface area contributed by atoms with E-state index in [-0.39, 0.29) is 5.41 Å². The monoisotopic (exact) mass is 742 g/mol. The number of aryl methyl sites for hydroxylation is 1. The number of para-hydroxylation sites is 1. The van der Waals surface area contributed by atoms with Gasteiger partial charge < -0.3 is 9.47 Å². The van der Waals surface area contributed by atoms with Crippen molar-refractivity contribution in [2.75, 3.05) is 4.90 Å². The smallest absolute Gasteiger partial charge is 0.0544 e. The first-order valence-electron chi connectivity index (χ1n) is 20.3. The second kappa shape index (κ2) is 13.2. The van der Waals surface area contributed by atoms with Crippen LogP contribution in [0.4, 0.5) is 17.1 Å². The molecule has 1 aromatic heterocycles. The number of anilines is 3. The highest BCUT2D eigenvalue weighted by molar-refractivity contribution is 6.13. The van der Waals surface area contributed by atoms with Gasteiger partial charge in [-0.2, -0.15) is 0 Å². The van der Waals surface area contributed by atoms with E-state index in [9.17, 15) is 0 Å². The van der Waals surface area contributed by atoms with E-state index in [0.717, 1.165) is 22.7 Å². The van der Waals surface area contributed by atoms with E-state index in [1.807, 2.05) is 0 Å². The maximum atomic E-state index is 2.48. The van der Waals surface area contributed by atoms with E-state index < -0.39 is 0 Å². The van der Waals surface area contributed by atoms with Crippen molar-refractivity contribution in [3.8, 4) is 39.1 Å². The van der Waals surface area contributed by atoms with Crippen molar-refractivity contribution in [1.29, 1.82) is 0 Å². The molecule has 0 unspecified atom stereocenters. The molecule has 2 nitrogen and oxygen atoms in total. The van der Waals surface area contributed by atoms with Gasteiger partial charge in [-0.15, -0.1) is 0 Å². The van der Waals surface area contributed by atoms with Crippen molar-refractivity contribution in [3.63, 3.8) is 0 Å². The molecule has 0 bridgehead atoms. The second-order valence-corrected chi connectivity index (χ2v) is 16.3. The van der Waals surface area contributed by atoms with Gasteiger partial charge in [0, 0.05) is 38.9 Å². The van der Waals surface area contributed by atoms with Crippen LogP contribution in [0.1, 0.15) is 30.5 Å². The fourth-order valence-corrected chi connectivity index (χ4v) is 9.39. The molecule has 11 rings (SSSR count). The number of nitrogens with zero attached hydrogens (tertiary/aromatic N) is 2. The summed E-state index contributed by atoms with van der Waals surface area (Å²) < 4.78 is 2.47. The van der Waals surface area contributed by atoms with E-state index in [0.29, 0.717) is 0 Å². The molecular formula is C56H42N2. The average molecular weight is 743 g/mol. The van der Waals surface area contributed by atoms with Crippen molar-refractivity contribution >= 4 is 49.6 Å². The third-order valence-corrected chi connectivity index (χ3v) is 12.4. The first kappa shape index (κ1) is 34.1. The van der Waals surface area contributed by atoms with Gasteiger partial charge in [0.2, 0.25) is 0 Å². The van der Waals surface area contributed by atoms with Crippen molar-refractivity contribution in [1.82, 2.24) is 4.57 Å². The Morgan fingerprint density at radius 3 is 1.76 bits per heavy atom. The molecule has 1 aliphatic rings. The summed E-state index contributed by atoms with van der Waals surface area (Å²) in [7, 11) is 0. The summed E-state index contributed by atoms with van der Waals surface area (Å²) >= 11 is 0. The maximum absolute atomic E-state index is 2.48. The third-order valence-electron chi connectivity index (χ3n) is 12.4. The minimum absolute atomic E-state index is 0.100. The largest absolute Gasteiger partial charge is 0.310 e. The van der Waals surface area contributed by atoms with Gasteiger partial charge in [0.15, 0.2) is 0 Å². The molecule has 0 saturated heterocycles. The van der Waals surface area contributed by atoms with Crippen LogP contribution in [0.15, 0.2) is 200 Å². The summed E-state index contributed by atoms with van der Waals surface area (Å²) in [5.41, 5.74) is 18.5. The lowest BCUT2D eigenvalue weighted by molar-refractivity contribution is 0.660. The van der Waals surface area contributed by atoms with Crippen LogP contribution >= 0.6 is 0 Å². The summed E-state index contributed by atoms with van der Waals surface area (Å²) in [5.74, 6) is 0. The zero-order valence-corrected chi connectivity index (χ0v) is 32.9. The summed E-state index contributed by atoms with van der Waals surface area (Å²) in [4.78, 5) is 2.34. The average Bonchev–Trinajstić information content (AvgIpc) is 3.70. The van der Waals surface area contributed by atoms with E-state index in [4.69, 9.17) is 0 Å². The van der Waals surface area contributed by atoms with Gasteiger partial charge in [0.05, 0.1) is 11.0 Å². The molecule has 0 fully saturated rings. The van der Waals surface area contributed by atoms with Gasteiger partial charge in [-0.3, -0.25) is 0 Å². The Morgan fingerprint density at radius 2 is 0.983 bits per heavy atom. The SMILES string of the molecule is Cc1ccc2c(c1)C(C)(C)c1cc3c(cc1-2)c1cc(-c2ccc(N(c4ccccc4)c4ccc5ccccc5c4)cc2)ccc1n3-c1ccc(-c2ccccc2)cc1. The molecule has 1 aliphatic carbocycles. The molecule has 0 spiro atoms. The van der Waals surface area contributed by atoms with Crippen LogP contribution < -0.4 is 4.90 Å². The standard InChI is InChI=1S/C56H42N2/c1-37-18-30-48-49-35-51-50-34-43(41-21-25-45(26-22-41)57(44-16-8-5-9-17-44)47-29-23-39-14-10-11-15-42(39)33-47)24-31-54(50)58(55(51)36-53(49)56(2,3)52(48)32-37)46-27-19-40(20-28-46)38-12-6-4-7-13-38/h4-36H,1-3H3. The van der Waals surface area contributed by atoms with Gasteiger partial charge in [-0.1, -0.05) is 147 Å². The van der Waals surface area contributed by atoms with Gasteiger partial charge in [-0.25, -0.2) is 0 Å². The predicted octanol–water partition coefficient (Wildman–Crippen LogP) is 15.4. The van der Waals surface area contributed by atoms with E-state index in [1.54, 1.807) is 0 Å².